The summed E-state index contributed by atoms with van der Waals surface area (Å²) >= 11 is 0. The molecule has 9 nitrogen and oxygen atoms in total. The van der Waals surface area contributed by atoms with E-state index in [1.165, 1.54) is 33.8 Å². The minimum atomic E-state index is -0.590. The normalized spacial score (nSPS) is 13.9. The van der Waals surface area contributed by atoms with Crippen LogP contribution in [0.2, 0.25) is 0 Å². The second kappa shape index (κ2) is 9.21. The third-order valence-electron chi connectivity index (χ3n) is 4.73. The molecular formula is C22H22N4O5. The third-order valence-corrected chi connectivity index (χ3v) is 4.73. The number of aromatic nitrogens is 2. The van der Waals surface area contributed by atoms with Crippen LogP contribution < -0.4 is 4.90 Å². The summed E-state index contributed by atoms with van der Waals surface area (Å²) in [5, 5.41) is 15.3. The van der Waals surface area contributed by atoms with Crippen LogP contribution in [-0.4, -0.2) is 39.7 Å². The van der Waals surface area contributed by atoms with E-state index < -0.39 is 10.9 Å². The Morgan fingerprint density at radius 1 is 1.35 bits per heavy atom. The van der Waals surface area contributed by atoms with Gasteiger partial charge >= 0.3 is 5.97 Å². The van der Waals surface area contributed by atoms with E-state index in [2.05, 4.69) is 11.7 Å². The van der Waals surface area contributed by atoms with Gasteiger partial charge in [0.15, 0.2) is 5.69 Å². The van der Waals surface area contributed by atoms with E-state index in [4.69, 9.17) is 4.74 Å². The van der Waals surface area contributed by atoms with Crippen LogP contribution in [0.3, 0.4) is 0 Å². The highest BCUT2D eigenvalue weighted by molar-refractivity contribution is 6.09. The Labute approximate surface area is 179 Å². The van der Waals surface area contributed by atoms with Crippen LogP contribution in [0.25, 0.3) is 5.70 Å². The van der Waals surface area contributed by atoms with Crippen LogP contribution in [0.5, 0.6) is 0 Å². The summed E-state index contributed by atoms with van der Waals surface area (Å²) in [6.07, 6.45) is 7.16. The lowest BCUT2D eigenvalue weighted by Crippen LogP contribution is -2.39. The second-order valence-electron chi connectivity index (χ2n) is 6.62. The number of hydrogen-bond acceptors (Lipinski definition) is 6. The van der Waals surface area contributed by atoms with Gasteiger partial charge < -0.3 is 9.64 Å². The van der Waals surface area contributed by atoms with Gasteiger partial charge in [0.05, 0.1) is 17.2 Å². The van der Waals surface area contributed by atoms with Crippen molar-refractivity contribution in [1.29, 1.82) is 0 Å². The molecule has 1 aromatic carbocycles. The molecule has 160 valence electrons. The fourth-order valence-corrected chi connectivity index (χ4v) is 3.40. The number of nitro benzene ring substituents is 1. The molecule has 0 spiro atoms. The summed E-state index contributed by atoms with van der Waals surface area (Å²) in [7, 11) is 0. The maximum absolute atomic E-state index is 13.5. The number of allylic oxidation sites excluding steroid dienone is 5. The first-order valence-electron chi connectivity index (χ1n) is 9.74. The summed E-state index contributed by atoms with van der Waals surface area (Å²) in [5.41, 5.74) is 1.89. The van der Waals surface area contributed by atoms with Gasteiger partial charge in [0.2, 0.25) is 0 Å². The number of esters is 1. The zero-order valence-corrected chi connectivity index (χ0v) is 17.3. The minimum Gasteiger partial charge on any atom is -0.461 e. The number of ether oxygens (including phenoxy) is 1. The maximum Gasteiger partial charge on any atom is 0.359 e. The summed E-state index contributed by atoms with van der Waals surface area (Å²) in [6, 6.07) is 5.76. The molecule has 0 bridgehead atoms. The number of rotatable bonds is 7. The number of carbonyl (C=O) groups is 2. The predicted molar refractivity (Wildman–Crippen MR) is 116 cm³/mol. The van der Waals surface area contributed by atoms with Gasteiger partial charge in [-0.15, -0.1) is 0 Å². The van der Waals surface area contributed by atoms with Gasteiger partial charge in [0, 0.05) is 29.9 Å². The van der Waals surface area contributed by atoms with E-state index in [9.17, 15) is 19.7 Å². The Hall–Kier alpha value is -4.01. The SMILES string of the molecule is C=C/C=C(\C=C/C)n1nc(C(=O)OCC)c2c1C(=O)N(c1ccc([N+](=O)[O-])cc1)CC2. The van der Waals surface area contributed by atoms with Crippen molar-refractivity contribution >= 4 is 28.9 Å². The molecule has 0 saturated carbocycles. The Morgan fingerprint density at radius 2 is 2.06 bits per heavy atom. The summed E-state index contributed by atoms with van der Waals surface area (Å²) in [6.45, 7) is 7.71. The van der Waals surface area contributed by atoms with Gasteiger partial charge in [-0.3, -0.25) is 14.9 Å². The smallest absolute Gasteiger partial charge is 0.359 e. The Balaban J connectivity index is 2.12. The van der Waals surface area contributed by atoms with Crippen molar-refractivity contribution in [3.05, 3.63) is 82.2 Å². The summed E-state index contributed by atoms with van der Waals surface area (Å²) in [4.78, 5) is 37.9. The zero-order valence-electron chi connectivity index (χ0n) is 17.3. The first-order chi connectivity index (χ1) is 14.9. The number of benzene rings is 1. The van der Waals surface area contributed by atoms with E-state index in [1.54, 1.807) is 31.2 Å². The largest absolute Gasteiger partial charge is 0.461 e. The van der Waals surface area contributed by atoms with Crippen LogP contribution in [0.4, 0.5) is 11.4 Å². The highest BCUT2D eigenvalue weighted by Gasteiger charge is 2.35. The Morgan fingerprint density at radius 3 is 2.65 bits per heavy atom. The molecule has 1 aliphatic rings. The molecule has 3 rings (SSSR count). The highest BCUT2D eigenvalue weighted by atomic mass is 16.6. The quantitative estimate of drug-likeness (QED) is 0.291. The lowest BCUT2D eigenvalue weighted by Gasteiger charge is -2.27. The van der Waals surface area contributed by atoms with Crippen LogP contribution >= 0.6 is 0 Å². The number of fused-ring (bicyclic) bond motifs is 1. The molecule has 2 aromatic rings. The number of non-ortho nitro benzene ring substituents is 1. The number of anilines is 1. The van der Waals surface area contributed by atoms with Gasteiger partial charge in [-0.05, 0) is 44.6 Å². The van der Waals surface area contributed by atoms with E-state index in [0.29, 0.717) is 29.9 Å². The molecule has 0 unspecified atom stereocenters. The molecule has 1 aliphatic heterocycles. The number of amides is 1. The van der Waals surface area contributed by atoms with Gasteiger partial charge in [0.25, 0.3) is 11.6 Å². The van der Waals surface area contributed by atoms with Crippen molar-refractivity contribution in [2.45, 2.75) is 20.3 Å². The van der Waals surface area contributed by atoms with Crippen LogP contribution in [0, 0.1) is 10.1 Å². The fourth-order valence-electron chi connectivity index (χ4n) is 3.40. The van der Waals surface area contributed by atoms with Gasteiger partial charge in [0.1, 0.15) is 5.69 Å². The molecule has 0 N–H and O–H groups in total. The van der Waals surface area contributed by atoms with Crippen LogP contribution in [0.15, 0.2) is 55.1 Å². The van der Waals surface area contributed by atoms with Crippen molar-refractivity contribution in [2.24, 2.45) is 0 Å². The topological polar surface area (TPSA) is 108 Å². The number of hydrogen-bond donors (Lipinski definition) is 0. The van der Waals surface area contributed by atoms with Crippen molar-refractivity contribution in [2.75, 3.05) is 18.1 Å². The van der Waals surface area contributed by atoms with Gasteiger partial charge in [-0.1, -0.05) is 18.7 Å². The molecule has 1 aromatic heterocycles. The molecule has 1 amide bonds. The average molecular weight is 422 g/mol. The number of carbonyl (C=O) groups excluding carboxylic acids is 2. The van der Waals surface area contributed by atoms with Crippen molar-refractivity contribution in [1.82, 2.24) is 9.78 Å². The highest BCUT2D eigenvalue weighted by Crippen LogP contribution is 2.30. The van der Waals surface area contributed by atoms with Gasteiger partial charge in [-0.25, -0.2) is 9.48 Å². The molecule has 0 radical (unpaired) electrons. The van der Waals surface area contributed by atoms with Crippen LogP contribution in [-0.2, 0) is 11.2 Å². The first-order valence-corrected chi connectivity index (χ1v) is 9.74. The Kier molecular flexibility index (Phi) is 6.44. The minimum absolute atomic E-state index is 0.0622. The fraction of sp³-hybridized carbons (Fsp3) is 0.227. The van der Waals surface area contributed by atoms with Crippen molar-refractivity contribution in [3.8, 4) is 0 Å². The Bertz CT molecular complexity index is 1100. The van der Waals surface area contributed by atoms with Crippen LogP contribution in [0.1, 0.15) is 40.4 Å². The molecule has 0 saturated heterocycles. The summed E-state index contributed by atoms with van der Waals surface area (Å²) < 4.78 is 6.55. The maximum atomic E-state index is 13.5. The molecular weight excluding hydrogens is 400 g/mol. The van der Waals surface area contributed by atoms with E-state index in [-0.39, 0.29) is 29.6 Å². The predicted octanol–water partition coefficient (Wildman–Crippen LogP) is 3.77. The standard InChI is InChI=1S/C22H22N4O5/c1-4-7-16(8-5-2)25-20-18(19(23-25)22(28)31-6-3)13-14-24(21(20)27)15-9-11-17(12-10-15)26(29)30/h4-5,7-12H,1,6,13-14H2,2-3H3/b8-5-,16-7+. The third kappa shape index (κ3) is 4.16. The molecule has 0 fully saturated rings. The number of nitrogens with zero attached hydrogens (tertiary/aromatic N) is 4. The molecule has 31 heavy (non-hydrogen) atoms. The van der Waals surface area contributed by atoms with Crippen molar-refractivity contribution in [3.63, 3.8) is 0 Å². The van der Waals surface area contributed by atoms with Crippen molar-refractivity contribution < 1.29 is 19.2 Å². The zero-order chi connectivity index (χ0) is 22.5. The lowest BCUT2D eigenvalue weighted by molar-refractivity contribution is -0.384. The lowest BCUT2D eigenvalue weighted by atomic mass is 10.0. The average Bonchev–Trinajstić information content (AvgIpc) is 3.15. The molecule has 0 aliphatic carbocycles. The van der Waals surface area contributed by atoms with Gasteiger partial charge in [-0.2, -0.15) is 5.10 Å². The second-order valence-corrected chi connectivity index (χ2v) is 6.62. The van der Waals surface area contributed by atoms with E-state index >= 15 is 0 Å². The van der Waals surface area contributed by atoms with E-state index in [1.807, 2.05) is 6.92 Å². The monoisotopic (exact) mass is 422 g/mol. The first kappa shape index (κ1) is 21.7. The summed E-state index contributed by atoms with van der Waals surface area (Å²) in [5.74, 6) is -0.954. The van der Waals surface area contributed by atoms with E-state index in [0.717, 1.165) is 0 Å². The number of nitro groups is 1. The molecule has 0 atom stereocenters. The molecule has 9 heteroatoms. The molecule has 2 heterocycles.